The van der Waals surface area contributed by atoms with Gasteiger partial charge in [-0.25, -0.2) is 0 Å². The van der Waals surface area contributed by atoms with Crippen molar-refractivity contribution in [2.75, 3.05) is 21.3 Å². The third-order valence-electron chi connectivity index (χ3n) is 11.7. The molecule has 0 aliphatic heterocycles. The summed E-state index contributed by atoms with van der Waals surface area (Å²) in [4.78, 5) is 0. The SMILES string of the molecule is CO[Si](OC)(OC)[C@@]1(O)CC[C@@]2(C)C(=CC[C@H]3[C@@H]4CC[C@H]([C@H](C)CCCC(C)C)[C@@]4(C)CC[C@@H]32)C1. The second kappa shape index (κ2) is 10.2. The van der Waals surface area contributed by atoms with Crippen LogP contribution < -0.4 is 0 Å². The minimum atomic E-state index is -3.15. The highest BCUT2D eigenvalue weighted by molar-refractivity contribution is 6.64. The lowest BCUT2D eigenvalue weighted by atomic mass is 9.47. The molecule has 0 spiro atoms. The van der Waals surface area contributed by atoms with E-state index in [0.717, 1.165) is 41.9 Å². The van der Waals surface area contributed by atoms with Crippen molar-refractivity contribution in [1.82, 2.24) is 0 Å². The summed E-state index contributed by atoms with van der Waals surface area (Å²) >= 11 is 0. The molecule has 0 bridgehead atoms. The summed E-state index contributed by atoms with van der Waals surface area (Å²) in [6, 6.07) is 0. The normalized spacial score (nSPS) is 42.3. The zero-order valence-corrected chi connectivity index (χ0v) is 25.0. The predicted molar refractivity (Wildman–Crippen MR) is 145 cm³/mol. The largest absolute Gasteiger partial charge is 0.533 e. The smallest absolute Gasteiger partial charge is 0.385 e. The molecule has 0 heterocycles. The number of hydrogen-bond acceptors (Lipinski definition) is 4. The Morgan fingerprint density at radius 2 is 1.63 bits per heavy atom. The van der Waals surface area contributed by atoms with Crippen molar-refractivity contribution >= 4 is 8.80 Å². The fourth-order valence-corrected chi connectivity index (χ4v) is 12.2. The number of hydrogen-bond donors (Lipinski definition) is 1. The summed E-state index contributed by atoms with van der Waals surface area (Å²) in [5, 5.41) is 10.7. The highest BCUT2D eigenvalue weighted by Crippen LogP contribution is 2.68. The monoisotopic (exact) mass is 506 g/mol. The summed E-state index contributed by atoms with van der Waals surface area (Å²) < 4.78 is 17.3. The quantitative estimate of drug-likeness (QED) is 0.266. The maximum absolute atomic E-state index is 11.8. The van der Waals surface area contributed by atoms with Gasteiger partial charge in [-0.15, -0.1) is 0 Å². The fraction of sp³-hybridized carbons (Fsp3) is 0.933. The molecule has 0 radical (unpaired) electrons. The molecule has 0 aromatic carbocycles. The Bertz CT molecular complexity index is 770. The maximum atomic E-state index is 11.8. The van der Waals surface area contributed by atoms with Gasteiger partial charge in [-0.2, -0.15) is 0 Å². The molecule has 3 fully saturated rings. The summed E-state index contributed by atoms with van der Waals surface area (Å²) in [5.41, 5.74) is 2.14. The summed E-state index contributed by atoms with van der Waals surface area (Å²) in [6.45, 7) is 12.5. The maximum Gasteiger partial charge on any atom is 0.533 e. The Balaban J connectivity index is 1.52. The van der Waals surface area contributed by atoms with Gasteiger partial charge < -0.3 is 18.4 Å². The van der Waals surface area contributed by atoms with Crippen molar-refractivity contribution in [2.45, 2.75) is 110 Å². The van der Waals surface area contributed by atoms with Crippen LogP contribution in [0.15, 0.2) is 11.6 Å². The second-order valence-corrected chi connectivity index (χ2v) is 16.9. The summed E-state index contributed by atoms with van der Waals surface area (Å²) in [7, 11) is 1.72. The zero-order chi connectivity index (χ0) is 25.6. The van der Waals surface area contributed by atoms with Crippen molar-refractivity contribution in [3.05, 3.63) is 11.6 Å². The molecule has 0 unspecified atom stereocenters. The first-order chi connectivity index (χ1) is 16.5. The molecule has 0 aromatic rings. The highest BCUT2D eigenvalue weighted by Gasteiger charge is 2.65. The van der Waals surface area contributed by atoms with Gasteiger partial charge in [0.05, 0.1) is 0 Å². The Hall–Kier alpha value is -0.203. The Kier molecular flexibility index (Phi) is 8.08. The van der Waals surface area contributed by atoms with Crippen LogP contribution in [0.1, 0.15) is 105 Å². The average molecular weight is 507 g/mol. The first kappa shape index (κ1) is 27.8. The van der Waals surface area contributed by atoms with Crippen LogP contribution in [0.25, 0.3) is 0 Å². The lowest BCUT2D eigenvalue weighted by Crippen LogP contribution is -2.66. The molecule has 4 aliphatic carbocycles. The van der Waals surface area contributed by atoms with E-state index >= 15 is 0 Å². The van der Waals surface area contributed by atoms with Crippen LogP contribution in [0.4, 0.5) is 0 Å². The molecule has 5 heteroatoms. The topological polar surface area (TPSA) is 47.9 Å². The zero-order valence-electron chi connectivity index (χ0n) is 24.0. The predicted octanol–water partition coefficient (Wildman–Crippen LogP) is 7.18. The van der Waals surface area contributed by atoms with Crippen molar-refractivity contribution in [1.29, 1.82) is 0 Å². The van der Waals surface area contributed by atoms with Crippen LogP contribution in [-0.4, -0.2) is 40.5 Å². The van der Waals surface area contributed by atoms with E-state index in [-0.39, 0.29) is 5.41 Å². The van der Waals surface area contributed by atoms with Gasteiger partial charge in [-0.3, -0.25) is 0 Å². The van der Waals surface area contributed by atoms with Crippen LogP contribution in [0.2, 0.25) is 0 Å². The van der Waals surface area contributed by atoms with E-state index in [9.17, 15) is 5.11 Å². The summed E-state index contributed by atoms with van der Waals surface area (Å²) in [6.07, 6.45) is 15.8. The van der Waals surface area contributed by atoms with Crippen molar-refractivity contribution in [3.8, 4) is 0 Å². The van der Waals surface area contributed by atoms with E-state index in [2.05, 4.69) is 40.7 Å². The van der Waals surface area contributed by atoms with Gasteiger partial charge >= 0.3 is 8.80 Å². The number of fused-ring (bicyclic) bond motifs is 5. The van der Waals surface area contributed by atoms with Gasteiger partial charge in [0, 0.05) is 27.8 Å². The van der Waals surface area contributed by atoms with E-state index in [4.69, 9.17) is 13.3 Å². The molecule has 35 heavy (non-hydrogen) atoms. The Morgan fingerprint density at radius 3 is 2.26 bits per heavy atom. The molecule has 202 valence electrons. The fourth-order valence-electron chi connectivity index (χ4n) is 9.75. The first-order valence-electron chi connectivity index (χ1n) is 14.6. The molecular weight excluding hydrogens is 452 g/mol. The minimum Gasteiger partial charge on any atom is -0.385 e. The van der Waals surface area contributed by atoms with Gasteiger partial charge in [0.25, 0.3) is 0 Å². The molecular formula is C30H54O4Si. The van der Waals surface area contributed by atoms with E-state index in [1.807, 2.05) is 0 Å². The highest BCUT2D eigenvalue weighted by atomic mass is 28.4. The molecule has 3 saturated carbocycles. The van der Waals surface area contributed by atoms with E-state index in [0.29, 0.717) is 18.3 Å². The lowest BCUT2D eigenvalue weighted by molar-refractivity contribution is -0.0767. The van der Waals surface area contributed by atoms with E-state index in [1.165, 1.54) is 56.9 Å². The third kappa shape index (κ3) is 4.43. The van der Waals surface area contributed by atoms with E-state index in [1.54, 1.807) is 21.3 Å². The first-order valence-corrected chi connectivity index (χ1v) is 16.3. The molecule has 0 aromatic heterocycles. The molecule has 1 N–H and O–H groups in total. The van der Waals surface area contributed by atoms with Crippen LogP contribution in [0, 0.1) is 46.3 Å². The average Bonchev–Trinajstić information content (AvgIpc) is 3.18. The Morgan fingerprint density at radius 1 is 0.943 bits per heavy atom. The van der Waals surface area contributed by atoms with Crippen molar-refractivity contribution < 1.29 is 18.4 Å². The second-order valence-electron chi connectivity index (χ2n) is 13.7. The molecule has 0 saturated heterocycles. The minimum absolute atomic E-state index is 0.187. The molecule has 4 rings (SSSR count). The molecule has 4 aliphatic rings. The molecule has 8 atom stereocenters. The van der Waals surface area contributed by atoms with Crippen LogP contribution in [0.3, 0.4) is 0 Å². The van der Waals surface area contributed by atoms with Gasteiger partial charge in [-0.1, -0.05) is 65.5 Å². The van der Waals surface area contributed by atoms with E-state index < -0.39 is 14.0 Å². The van der Waals surface area contributed by atoms with Gasteiger partial charge in [0.2, 0.25) is 0 Å². The van der Waals surface area contributed by atoms with Crippen molar-refractivity contribution in [3.63, 3.8) is 0 Å². The standard InChI is InChI=1S/C30H54O4Si/c1-21(2)10-9-11-22(3)25-14-15-26-24-13-12-23-20-30(31,35(32-6,33-7)34-8)19-18-28(23,4)27(24)16-17-29(25,26)5/h12,21-22,24-27,31H,9-11,13-20H2,1-8H3/t22-,24+,25-,26+,27+,28+,29-,30+/m1/s1. The van der Waals surface area contributed by atoms with Gasteiger partial charge in [-0.05, 0) is 91.3 Å². The van der Waals surface area contributed by atoms with Crippen LogP contribution >= 0.6 is 0 Å². The summed E-state index contributed by atoms with van der Waals surface area (Å²) in [5.74, 6) is 4.97. The van der Waals surface area contributed by atoms with Crippen LogP contribution in [0.5, 0.6) is 0 Å². The number of rotatable bonds is 9. The van der Waals surface area contributed by atoms with Gasteiger partial charge in [0.15, 0.2) is 0 Å². The van der Waals surface area contributed by atoms with Gasteiger partial charge in [0.1, 0.15) is 5.22 Å². The lowest BCUT2D eigenvalue weighted by Gasteiger charge is -2.60. The van der Waals surface area contributed by atoms with Crippen molar-refractivity contribution in [2.24, 2.45) is 46.3 Å². The number of allylic oxidation sites excluding steroid dienone is 1. The molecule has 4 nitrogen and oxygen atoms in total. The Labute approximate surface area is 216 Å². The van der Waals surface area contributed by atoms with Crippen LogP contribution in [-0.2, 0) is 13.3 Å². The number of aliphatic hydroxyl groups is 1. The third-order valence-corrected chi connectivity index (χ3v) is 14.9. The molecule has 0 amide bonds.